The molecule has 0 aliphatic carbocycles. The number of aliphatic hydroxyl groups excluding tert-OH is 1. The second-order valence-electron chi connectivity index (χ2n) is 8.70. The summed E-state index contributed by atoms with van der Waals surface area (Å²) in [5, 5.41) is 11.3. The first-order chi connectivity index (χ1) is 18.0. The average molecular weight is 502 g/mol. The minimum absolute atomic E-state index is 0.0340. The fraction of sp³-hybridized carbons (Fsp3) is 0.267. The minimum atomic E-state index is -0.765. The van der Waals surface area contributed by atoms with Crippen molar-refractivity contribution in [3.05, 3.63) is 101 Å². The van der Waals surface area contributed by atoms with E-state index in [-0.39, 0.29) is 24.5 Å². The molecule has 1 aliphatic rings. The molecule has 192 valence electrons. The predicted molar refractivity (Wildman–Crippen MR) is 140 cm³/mol. The molecule has 1 heterocycles. The quantitative estimate of drug-likeness (QED) is 0.223. The van der Waals surface area contributed by atoms with Gasteiger partial charge in [0.2, 0.25) is 0 Å². The lowest BCUT2D eigenvalue weighted by Crippen LogP contribution is -2.32. The molecule has 1 amide bonds. The first kappa shape index (κ1) is 26.0. The Hall–Kier alpha value is -4.10. The summed E-state index contributed by atoms with van der Waals surface area (Å²) in [4.78, 5) is 27.6. The molecule has 1 unspecified atom stereocenters. The van der Waals surface area contributed by atoms with Gasteiger partial charge in [0, 0.05) is 19.2 Å². The number of benzene rings is 3. The van der Waals surface area contributed by atoms with Crippen molar-refractivity contribution in [1.82, 2.24) is 4.90 Å². The molecule has 4 rings (SSSR count). The fourth-order valence-electron chi connectivity index (χ4n) is 4.24. The van der Waals surface area contributed by atoms with Crippen LogP contribution in [-0.4, -0.2) is 48.6 Å². The van der Waals surface area contributed by atoms with Crippen LogP contribution in [0, 0.1) is 0 Å². The Labute approximate surface area is 216 Å². The Kier molecular flexibility index (Phi) is 8.59. The molecule has 7 heteroatoms. The van der Waals surface area contributed by atoms with E-state index in [1.165, 1.54) is 12.0 Å². The van der Waals surface area contributed by atoms with E-state index in [0.717, 1.165) is 12.0 Å². The Morgan fingerprint density at radius 1 is 0.892 bits per heavy atom. The van der Waals surface area contributed by atoms with E-state index < -0.39 is 17.7 Å². The van der Waals surface area contributed by atoms with Gasteiger partial charge in [0.15, 0.2) is 0 Å². The predicted octanol–water partition coefficient (Wildman–Crippen LogP) is 5.12. The van der Waals surface area contributed by atoms with Crippen LogP contribution in [-0.2, 0) is 20.9 Å². The van der Waals surface area contributed by atoms with Gasteiger partial charge in [-0.05, 0) is 41.8 Å². The number of ether oxygens (including phenoxy) is 3. The number of carbonyl (C=O) groups excluding carboxylic acids is 2. The van der Waals surface area contributed by atoms with Gasteiger partial charge in [-0.2, -0.15) is 0 Å². The highest BCUT2D eigenvalue weighted by Crippen LogP contribution is 2.40. The number of likely N-dealkylation sites (tertiary alicyclic amines) is 1. The molecule has 1 N–H and O–H groups in total. The van der Waals surface area contributed by atoms with Gasteiger partial charge in [-0.1, -0.05) is 61.5 Å². The third-order valence-corrected chi connectivity index (χ3v) is 6.10. The molecule has 3 aromatic carbocycles. The van der Waals surface area contributed by atoms with Crippen molar-refractivity contribution in [2.24, 2.45) is 0 Å². The van der Waals surface area contributed by atoms with Crippen molar-refractivity contribution in [3.8, 4) is 11.5 Å². The van der Waals surface area contributed by atoms with Gasteiger partial charge in [0.25, 0.3) is 11.7 Å². The van der Waals surface area contributed by atoms with Crippen molar-refractivity contribution >= 4 is 17.4 Å². The van der Waals surface area contributed by atoms with Crippen molar-refractivity contribution < 1.29 is 28.9 Å². The number of methoxy groups -OCH3 is 1. The standard InChI is InChI=1S/C30H31NO6/c1-3-17-36-25-11-7-10-23(19-25)28(32)26-27(31(16-18-35-2)30(34)29(26)33)22-12-14-24(15-13-22)37-20-21-8-5-4-6-9-21/h4-15,19,27,32H,3,16-18,20H2,1-2H3. The molecular weight excluding hydrogens is 470 g/mol. The lowest BCUT2D eigenvalue weighted by Gasteiger charge is -2.25. The SMILES string of the molecule is CCCOc1cccc(C(O)=C2C(=O)C(=O)N(CCOC)C2c2ccc(OCc3ccccc3)cc2)c1. The van der Waals surface area contributed by atoms with E-state index >= 15 is 0 Å². The number of Topliss-reactive ketones (excluding diaryl/α,β-unsaturated/α-hetero) is 1. The van der Waals surface area contributed by atoms with E-state index in [4.69, 9.17) is 14.2 Å². The third kappa shape index (κ3) is 6.01. The van der Waals surface area contributed by atoms with Crippen LogP contribution in [0.5, 0.6) is 11.5 Å². The zero-order valence-electron chi connectivity index (χ0n) is 21.1. The Balaban J connectivity index is 1.67. The molecule has 1 atom stereocenters. The van der Waals surface area contributed by atoms with Gasteiger partial charge in [-0.25, -0.2) is 0 Å². The molecule has 37 heavy (non-hydrogen) atoms. The molecule has 0 aromatic heterocycles. The number of amides is 1. The maximum absolute atomic E-state index is 13.2. The molecule has 0 spiro atoms. The Morgan fingerprint density at radius 3 is 2.35 bits per heavy atom. The number of carbonyl (C=O) groups is 2. The molecule has 0 bridgehead atoms. The average Bonchev–Trinajstić information content (AvgIpc) is 3.19. The van der Waals surface area contributed by atoms with E-state index in [0.29, 0.717) is 35.8 Å². The normalized spacial score (nSPS) is 16.7. The van der Waals surface area contributed by atoms with Crippen LogP contribution in [0.2, 0.25) is 0 Å². The van der Waals surface area contributed by atoms with Crippen LogP contribution >= 0.6 is 0 Å². The molecular formula is C30H31NO6. The highest BCUT2D eigenvalue weighted by molar-refractivity contribution is 6.46. The summed E-state index contributed by atoms with van der Waals surface area (Å²) in [5.74, 6) is -0.415. The Morgan fingerprint density at radius 2 is 1.65 bits per heavy atom. The van der Waals surface area contributed by atoms with Crippen molar-refractivity contribution in [3.63, 3.8) is 0 Å². The van der Waals surface area contributed by atoms with E-state index in [1.54, 1.807) is 36.4 Å². The lowest BCUT2D eigenvalue weighted by molar-refractivity contribution is -0.140. The highest BCUT2D eigenvalue weighted by atomic mass is 16.5. The number of aliphatic hydroxyl groups is 1. The first-order valence-electron chi connectivity index (χ1n) is 12.3. The van der Waals surface area contributed by atoms with Crippen LogP contribution in [0.1, 0.15) is 36.1 Å². The number of nitrogens with zero attached hydrogens (tertiary/aromatic N) is 1. The summed E-state index contributed by atoms with van der Waals surface area (Å²) in [6.07, 6.45) is 0.839. The molecule has 7 nitrogen and oxygen atoms in total. The monoisotopic (exact) mass is 501 g/mol. The summed E-state index contributed by atoms with van der Waals surface area (Å²) in [6.45, 7) is 3.41. The topological polar surface area (TPSA) is 85.3 Å². The van der Waals surface area contributed by atoms with Gasteiger partial charge in [0.05, 0.1) is 24.8 Å². The van der Waals surface area contributed by atoms with Crippen LogP contribution in [0.3, 0.4) is 0 Å². The van der Waals surface area contributed by atoms with Crippen molar-refractivity contribution in [2.45, 2.75) is 26.0 Å². The summed E-state index contributed by atoms with van der Waals surface area (Å²) in [7, 11) is 1.53. The first-order valence-corrected chi connectivity index (χ1v) is 12.3. The number of ketones is 1. The molecule has 3 aromatic rings. The molecule has 1 fully saturated rings. The number of hydrogen-bond donors (Lipinski definition) is 1. The Bertz CT molecular complexity index is 1250. The fourth-order valence-corrected chi connectivity index (χ4v) is 4.24. The minimum Gasteiger partial charge on any atom is -0.507 e. The highest BCUT2D eigenvalue weighted by Gasteiger charge is 2.45. The van der Waals surface area contributed by atoms with Crippen LogP contribution in [0.15, 0.2) is 84.4 Å². The summed E-state index contributed by atoms with van der Waals surface area (Å²) in [5.41, 5.74) is 2.17. The van der Waals surface area contributed by atoms with Gasteiger partial charge < -0.3 is 24.2 Å². The van der Waals surface area contributed by atoms with Crippen molar-refractivity contribution in [1.29, 1.82) is 0 Å². The van der Waals surface area contributed by atoms with Gasteiger partial charge in [0.1, 0.15) is 23.9 Å². The third-order valence-electron chi connectivity index (χ3n) is 6.10. The van der Waals surface area contributed by atoms with E-state index in [9.17, 15) is 14.7 Å². The van der Waals surface area contributed by atoms with Gasteiger partial charge in [-0.3, -0.25) is 9.59 Å². The molecule has 0 saturated carbocycles. The van der Waals surface area contributed by atoms with Crippen LogP contribution in [0.4, 0.5) is 0 Å². The van der Waals surface area contributed by atoms with Crippen LogP contribution < -0.4 is 9.47 Å². The zero-order chi connectivity index (χ0) is 26.2. The smallest absolute Gasteiger partial charge is 0.295 e. The zero-order valence-corrected chi connectivity index (χ0v) is 21.1. The van der Waals surface area contributed by atoms with Crippen molar-refractivity contribution in [2.75, 3.05) is 26.9 Å². The van der Waals surface area contributed by atoms with Crippen LogP contribution in [0.25, 0.3) is 5.76 Å². The molecule has 1 saturated heterocycles. The summed E-state index contributed by atoms with van der Waals surface area (Å²) in [6, 6.07) is 23.2. The number of rotatable bonds is 11. The lowest BCUT2D eigenvalue weighted by atomic mass is 9.95. The number of hydrogen-bond acceptors (Lipinski definition) is 6. The summed E-state index contributed by atoms with van der Waals surface area (Å²) >= 11 is 0. The maximum Gasteiger partial charge on any atom is 0.295 e. The van der Waals surface area contributed by atoms with Gasteiger partial charge >= 0.3 is 0 Å². The maximum atomic E-state index is 13.2. The molecule has 1 aliphatic heterocycles. The summed E-state index contributed by atoms with van der Waals surface area (Å²) < 4.78 is 16.8. The van der Waals surface area contributed by atoms with Gasteiger partial charge in [-0.15, -0.1) is 0 Å². The largest absolute Gasteiger partial charge is 0.507 e. The van der Waals surface area contributed by atoms with E-state index in [1.807, 2.05) is 49.4 Å². The second kappa shape index (κ2) is 12.2. The van der Waals surface area contributed by atoms with E-state index in [2.05, 4.69) is 0 Å². The second-order valence-corrected chi connectivity index (χ2v) is 8.70. The molecule has 0 radical (unpaired) electrons.